The predicted molar refractivity (Wildman–Crippen MR) is 108 cm³/mol. The van der Waals surface area contributed by atoms with E-state index in [1.807, 2.05) is 0 Å². The Morgan fingerprint density at radius 1 is 0.500 bits per heavy atom. The van der Waals surface area contributed by atoms with Gasteiger partial charge in [0.2, 0.25) is 0 Å². The lowest BCUT2D eigenvalue weighted by Gasteiger charge is -2.13. The van der Waals surface area contributed by atoms with Crippen LogP contribution in [-0.2, 0) is 0 Å². The second-order valence-electron chi connectivity index (χ2n) is 4.20. The van der Waals surface area contributed by atoms with E-state index in [2.05, 4.69) is 120 Å². The summed E-state index contributed by atoms with van der Waals surface area (Å²) in [4.78, 5) is 0. The van der Waals surface area contributed by atoms with Crippen molar-refractivity contribution in [1.29, 1.82) is 0 Å². The molecule has 0 aliphatic carbocycles. The molecular formula is C14H4Br6. The van der Waals surface area contributed by atoms with Gasteiger partial charge < -0.3 is 0 Å². The average molecular weight is 652 g/mol. The zero-order valence-corrected chi connectivity index (χ0v) is 19.1. The molecule has 0 fully saturated rings. The van der Waals surface area contributed by atoms with Crippen molar-refractivity contribution >= 4 is 117 Å². The summed E-state index contributed by atoms with van der Waals surface area (Å²) >= 11 is 21.9. The lowest BCUT2D eigenvalue weighted by atomic mass is 10.0. The van der Waals surface area contributed by atoms with Crippen molar-refractivity contribution in [2.75, 3.05) is 0 Å². The van der Waals surface area contributed by atoms with E-state index in [0.29, 0.717) is 0 Å². The van der Waals surface area contributed by atoms with Crippen LogP contribution in [0.2, 0.25) is 0 Å². The maximum atomic E-state index is 3.71. The largest absolute Gasteiger partial charge is 0.0537 e. The molecule has 0 N–H and O–H groups in total. The zero-order chi connectivity index (χ0) is 14.6. The van der Waals surface area contributed by atoms with Crippen LogP contribution < -0.4 is 0 Å². The summed E-state index contributed by atoms with van der Waals surface area (Å²) in [5, 5.41) is 4.68. The molecule has 0 atom stereocenters. The van der Waals surface area contributed by atoms with E-state index in [9.17, 15) is 0 Å². The van der Waals surface area contributed by atoms with Crippen molar-refractivity contribution in [3.63, 3.8) is 0 Å². The van der Waals surface area contributed by atoms with Gasteiger partial charge in [-0.25, -0.2) is 0 Å². The molecule has 0 bridgehead atoms. The molecule has 0 amide bonds. The SMILES string of the molecule is Brc1ccc2ccc3c(Br)c(Br)c(Br)c(Br)c3c2c1Br. The third-order valence-corrected chi connectivity index (χ3v) is 9.93. The first-order valence-electron chi connectivity index (χ1n) is 5.46. The molecule has 0 unspecified atom stereocenters. The van der Waals surface area contributed by atoms with E-state index in [1.165, 1.54) is 10.8 Å². The van der Waals surface area contributed by atoms with Gasteiger partial charge in [0, 0.05) is 37.6 Å². The number of halogens is 6. The van der Waals surface area contributed by atoms with Gasteiger partial charge in [-0.2, -0.15) is 0 Å². The average Bonchev–Trinajstić information content (AvgIpc) is 2.45. The van der Waals surface area contributed by atoms with E-state index in [-0.39, 0.29) is 0 Å². The maximum absolute atomic E-state index is 3.71. The van der Waals surface area contributed by atoms with Crippen molar-refractivity contribution in [1.82, 2.24) is 0 Å². The number of fused-ring (bicyclic) bond motifs is 3. The van der Waals surface area contributed by atoms with E-state index in [4.69, 9.17) is 0 Å². The summed E-state index contributed by atoms with van der Waals surface area (Å²) in [5.74, 6) is 0. The fourth-order valence-electron chi connectivity index (χ4n) is 2.18. The second-order valence-corrected chi connectivity index (χ2v) is 9.02. The van der Waals surface area contributed by atoms with E-state index in [1.54, 1.807) is 0 Å². The highest BCUT2D eigenvalue weighted by Gasteiger charge is 2.17. The van der Waals surface area contributed by atoms with Gasteiger partial charge in [-0.15, -0.1) is 0 Å². The fourth-order valence-corrected chi connectivity index (χ4v) is 5.55. The summed E-state index contributed by atoms with van der Waals surface area (Å²) in [6.45, 7) is 0. The molecule has 3 rings (SSSR count). The van der Waals surface area contributed by atoms with Crippen LogP contribution in [0.1, 0.15) is 0 Å². The molecule has 0 aliphatic heterocycles. The molecule has 0 radical (unpaired) electrons. The molecule has 0 heterocycles. The minimum Gasteiger partial charge on any atom is -0.0537 e. The fraction of sp³-hybridized carbons (Fsp3) is 0. The number of benzene rings is 3. The molecule has 6 heteroatoms. The minimum atomic E-state index is 0.997. The molecule has 0 saturated carbocycles. The van der Waals surface area contributed by atoms with Gasteiger partial charge in [0.25, 0.3) is 0 Å². The number of rotatable bonds is 0. The van der Waals surface area contributed by atoms with Crippen LogP contribution >= 0.6 is 95.6 Å². The topological polar surface area (TPSA) is 0 Å². The highest BCUT2D eigenvalue weighted by atomic mass is 79.9. The van der Waals surface area contributed by atoms with Crippen molar-refractivity contribution in [3.05, 3.63) is 51.1 Å². The first-order valence-corrected chi connectivity index (χ1v) is 10.2. The van der Waals surface area contributed by atoms with Gasteiger partial charge in [-0.05, 0) is 112 Å². The maximum Gasteiger partial charge on any atom is 0.0477 e. The Hall–Kier alpha value is 1.06. The Labute approximate surface area is 166 Å². The Bertz CT molecular complexity index is 869. The second kappa shape index (κ2) is 5.93. The van der Waals surface area contributed by atoms with E-state index >= 15 is 0 Å². The lowest BCUT2D eigenvalue weighted by Crippen LogP contribution is -1.86. The first-order chi connectivity index (χ1) is 9.43. The van der Waals surface area contributed by atoms with Gasteiger partial charge >= 0.3 is 0 Å². The Morgan fingerprint density at radius 3 is 1.80 bits per heavy atom. The van der Waals surface area contributed by atoms with Gasteiger partial charge in [0.15, 0.2) is 0 Å². The molecular weight excluding hydrogens is 648 g/mol. The van der Waals surface area contributed by atoms with Gasteiger partial charge in [0.1, 0.15) is 0 Å². The quantitative estimate of drug-likeness (QED) is 0.130. The Balaban J connectivity index is 2.71. The van der Waals surface area contributed by atoms with Crippen molar-refractivity contribution < 1.29 is 0 Å². The van der Waals surface area contributed by atoms with E-state index < -0.39 is 0 Å². The van der Waals surface area contributed by atoms with Crippen LogP contribution in [0.3, 0.4) is 0 Å². The van der Waals surface area contributed by atoms with Crippen LogP contribution in [-0.4, -0.2) is 0 Å². The van der Waals surface area contributed by atoms with Gasteiger partial charge in [-0.1, -0.05) is 18.2 Å². The van der Waals surface area contributed by atoms with Gasteiger partial charge in [0.05, 0.1) is 0 Å². The molecule has 0 spiro atoms. The van der Waals surface area contributed by atoms with Crippen LogP contribution in [0.5, 0.6) is 0 Å². The Kier molecular flexibility index (Phi) is 4.72. The summed E-state index contributed by atoms with van der Waals surface area (Å²) in [6, 6.07) is 8.42. The van der Waals surface area contributed by atoms with Crippen molar-refractivity contribution in [2.45, 2.75) is 0 Å². The van der Waals surface area contributed by atoms with Crippen LogP contribution in [0, 0.1) is 0 Å². The number of hydrogen-bond donors (Lipinski definition) is 0. The molecule has 0 aliphatic rings. The summed E-state index contributed by atoms with van der Waals surface area (Å²) in [6.07, 6.45) is 0. The van der Waals surface area contributed by atoms with Crippen molar-refractivity contribution in [3.8, 4) is 0 Å². The number of hydrogen-bond acceptors (Lipinski definition) is 0. The predicted octanol–water partition coefficient (Wildman–Crippen LogP) is 8.57. The molecule has 0 nitrogen and oxygen atoms in total. The third kappa shape index (κ3) is 2.38. The van der Waals surface area contributed by atoms with E-state index in [0.717, 1.165) is 37.6 Å². The van der Waals surface area contributed by atoms with Gasteiger partial charge in [-0.3, -0.25) is 0 Å². The molecule has 0 saturated heterocycles. The molecule has 102 valence electrons. The Morgan fingerprint density at radius 2 is 1.10 bits per heavy atom. The standard InChI is InChI=1S/C14H4Br6/c15-7-4-2-5-1-3-6-9(8(5)11(7)17)12(18)14(20)13(19)10(6)16/h1-4H. The highest BCUT2D eigenvalue weighted by molar-refractivity contribution is 9.15. The molecule has 20 heavy (non-hydrogen) atoms. The monoisotopic (exact) mass is 646 g/mol. The summed E-state index contributed by atoms with van der Waals surface area (Å²) in [7, 11) is 0. The first kappa shape index (κ1) is 15.9. The van der Waals surface area contributed by atoms with Crippen LogP contribution in [0.4, 0.5) is 0 Å². The molecule has 3 aromatic carbocycles. The zero-order valence-electron chi connectivity index (χ0n) is 9.58. The summed E-state index contributed by atoms with van der Waals surface area (Å²) in [5.41, 5.74) is 0. The molecule has 3 aromatic rings. The van der Waals surface area contributed by atoms with Crippen LogP contribution in [0.15, 0.2) is 51.1 Å². The minimum absolute atomic E-state index is 0.997. The third-order valence-electron chi connectivity index (χ3n) is 3.11. The normalized spacial score (nSPS) is 11.5. The summed E-state index contributed by atoms with van der Waals surface area (Å²) < 4.78 is 6.17. The highest BCUT2D eigenvalue weighted by Crippen LogP contribution is 2.47. The lowest BCUT2D eigenvalue weighted by molar-refractivity contribution is 1.57. The smallest absolute Gasteiger partial charge is 0.0477 e. The molecule has 0 aromatic heterocycles. The van der Waals surface area contributed by atoms with Crippen LogP contribution in [0.25, 0.3) is 21.5 Å². The van der Waals surface area contributed by atoms with Crippen molar-refractivity contribution in [2.24, 2.45) is 0 Å².